The van der Waals surface area contributed by atoms with Crippen molar-refractivity contribution >= 4 is 0 Å². The van der Waals surface area contributed by atoms with E-state index in [1.807, 2.05) is 25.2 Å². The molecule has 1 aromatic carbocycles. The van der Waals surface area contributed by atoms with Crippen LogP contribution in [-0.4, -0.2) is 19.1 Å². The first-order valence-electron chi connectivity index (χ1n) is 4.25. The van der Waals surface area contributed by atoms with E-state index in [1.165, 1.54) is 0 Å². The predicted octanol–water partition coefficient (Wildman–Crippen LogP) is 1.70. The van der Waals surface area contributed by atoms with Crippen LogP contribution < -0.4 is 5.43 Å². The molecule has 72 valence electrons. The molecule has 2 nitrogen and oxygen atoms in total. The molecule has 0 atom stereocenters. The Morgan fingerprint density at radius 3 is 2.62 bits per heavy atom. The van der Waals surface area contributed by atoms with Gasteiger partial charge >= 0.3 is 0 Å². The third-order valence-corrected chi connectivity index (χ3v) is 1.84. The van der Waals surface area contributed by atoms with Crippen molar-refractivity contribution < 1.29 is 4.39 Å². The van der Waals surface area contributed by atoms with Crippen LogP contribution in [0.5, 0.6) is 0 Å². The Labute approximate surface area is 78.3 Å². The van der Waals surface area contributed by atoms with E-state index >= 15 is 0 Å². The molecule has 1 rings (SSSR count). The van der Waals surface area contributed by atoms with Crippen LogP contribution in [0.25, 0.3) is 0 Å². The smallest absolute Gasteiger partial charge is 0.126 e. The molecule has 13 heavy (non-hydrogen) atoms. The topological polar surface area (TPSA) is 15.3 Å². The van der Waals surface area contributed by atoms with Gasteiger partial charge in [0, 0.05) is 20.6 Å². The number of hydrazine groups is 1. The maximum Gasteiger partial charge on any atom is 0.126 e. The van der Waals surface area contributed by atoms with Gasteiger partial charge in [-0.3, -0.25) is 10.4 Å². The minimum Gasteiger partial charge on any atom is -0.251 e. The fraction of sp³-hybridized carbons (Fsp3) is 0.400. The Hall–Kier alpha value is -0.930. The Morgan fingerprint density at radius 2 is 2.08 bits per heavy atom. The van der Waals surface area contributed by atoms with E-state index in [9.17, 15) is 4.39 Å². The molecule has 0 heterocycles. The Balaban J connectivity index is 2.63. The molecule has 0 aliphatic heterocycles. The summed E-state index contributed by atoms with van der Waals surface area (Å²) in [7, 11) is 3.81. The van der Waals surface area contributed by atoms with Crippen molar-refractivity contribution in [3.63, 3.8) is 0 Å². The lowest BCUT2D eigenvalue weighted by Crippen LogP contribution is -2.29. The average Bonchev–Trinajstić information content (AvgIpc) is 2.07. The van der Waals surface area contributed by atoms with Gasteiger partial charge in [0.05, 0.1) is 0 Å². The van der Waals surface area contributed by atoms with Crippen LogP contribution in [0, 0.1) is 12.7 Å². The van der Waals surface area contributed by atoms with E-state index in [1.54, 1.807) is 19.1 Å². The summed E-state index contributed by atoms with van der Waals surface area (Å²) in [6.07, 6.45) is 0. The highest BCUT2D eigenvalue weighted by atomic mass is 19.1. The van der Waals surface area contributed by atoms with Crippen LogP contribution in [0.4, 0.5) is 4.39 Å². The van der Waals surface area contributed by atoms with Gasteiger partial charge in [0.2, 0.25) is 0 Å². The standard InChI is InChI=1S/C10H15FN2/c1-8-4-5-9(6-10(8)11)7-12-13(2)3/h4-6,12H,7H2,1-3H3. The fourth-order valence-electron chi connectivity index (χ4n) is 0.996. The number of aryl methyl sites for hydroxylation is 1. The van der Waals surface area contributed by atoms with Crippen molar-refractivity contribution in [2.45, 2.75) is 13.5 Å². The van der Waals surface area contributed by atoms with Gasteiger partial charge in [-0.25, -0.2) is 4.39 Å². The van der Waals surface area contributed by atoms with Crippen LogP contribution in [-0.2, 0) is 6.54 Å². The van der Waals surface area contributed by atoms with Crippen molar-refractivity contribution in [3.8, 4) is 0 Å². The summed E-state index contributed by atoms with van der Waals surface area (Å²) >= 11 is 0. The van der Waals surface area contributed by atoms with Crippen molar-refractivity contribution in [2.75, 3.05) is 14.1 Å². The quantitative estimate of drug-likeness (QED) is 0.716. The van der Waals surface area contributed by atoms with Crippen molar-refractivity contribution in [3.05, 3.63) is 35.1 Å². The summed E-state index contributed by atoms with van der Waals surface area (Å²) in [6, 6.07) is 5.28. The molecule has 1 aromatic rings. The third kappa shape index (κ3) is 3.13. The Bertz CT molecular complexity index is 284. The van der Waals surface area contributed by atoms with Crippen LogP contribution in [0.2, 0.25) is 0 Å². The molecule has 0 aliphatic rings. The summed E-state index contributed by atoms with van der Waals surface area (Å²) in [5.74, 6) is -0.141. The number of nitrogens with zero attached hydrogens (tertiary/aromatic N) is 1. The monoisotopic (exact) mass is 182 g/mol. The maximum absolute atomic E-state index is 13.1. The summed E-state index contributed by atoms with van der Waals surface area (Å²) in [5.41, 5.74) is 4.72. The molecule has 0 saturated carbocycles. The van der Waals surface area contributed by atoms with E-state index in [0.29, 0.717) is 12.1 Å². The van der Waals surface area contributed by atoms with Gasteiger partial charge in [0.15, 0.2) is 0 Å². The molecule has 0 fully saturated rings. The van der Waals surface area contributed by atoms with E-state index < -0.39 is 0 Å². The number of hydrogen-bond donors (Lipinski definition) is 1. The Morgan fingerprint density at radius 1 is 1.38 bits per heavy atom. The highest BCUT2D eigenvalue weighted by molar-refractivity contribution is 5.22. The number of halogens is 1. The molecule has 0 bridgehead atoms. The van der Waals surface area contributed by atoms with Gasteiger partial charge in [0.1, 0.15) is 5.82 Å². The molecule has 3 heteroatoms. The second-order valence-electron chi connectivity index (χ2n) is 3.31. The number of nitrogens with one attached hydrogen (secondary N) is 1. The Kier molecular flexibility index (Phi) is 3.39. The third-order valence-electron chi connectivity index (χ3n) is 1.84. The van der Waals surface area contributed by atoms with Gasteiger partial charge in [0.25, 0.3) is 0 Å². The molecule has 0 aromatic heterocycles. The fourth-order valence-corrected chi connectivity index (χ4v) is 0.996. The average molecular weight is 182 g/mol. The SMILES string of the molecule is Cc1ccc(CNN(C)C)cc1F. The zero-order valence-electron chi connectivity index (χ0n) is 8.26. The molecule has 0 saturated heterocycles. The van der Waals surface area contributed by atoms with Crippen molar-refractivity contribution in [2.24, 2.45) is 0 Å². The molecule has 0 spiro atoms. The van der Waals surface area contributed by atoms with Gasteiger partial charge in [-0.2, -0.15) is 0 Å². The van der Waals surface area contributed by atoms with Gasteiger partial charge < -0.3 is 0 Å². The van der Waals surface area contributed by atoms with Crippen LogP contribution in [0.15, 0.2) is 18.2 Å². The molecule has 0 aliphatic carbocycles. The zero-order chi connectivity index (χ0) is 9.84. The van der Waals surface area contributed by atoms with Gasteiger partial charge in [-0.1, -0.05) is 12.1 Å². The largest absolute Gasteiger partial charge is 0.251 e. The van der Waals surface area contributed by atoms with Crippen LogP contribution in [0.3, 0.4) is 0 Å². The summed E-state index contributed by atoms with van der Waals surface area (Å²) in [5, 5.41) is 1.85. The van der Waals surface area contributed by atoms with Crippen LogP contribution >= 0.6 is 0 Å². The highest BCUT2D eigenvalue weighted by Crippen LogP contribution is 2.08. The van der Waals surface area contributed by atoms with E-state index in [-0.39, 0.29) is 5.82 Å². The number of benzene rings is 1. The lowest BCUT2D eigenvalue weighted by molar-refractivity contribution is 0.286. The summed E-state index contributed by atoms with van der Waals surface area (Å²) in [4.78, 5) is 0. The van der Waals surface area contributed by atoms with Crippen molar-refractivity contribution in [1.29, 1.82) is 0 Å². The lowest BCUT2D eigenvalue weighted by Gasteiger charge is -2.11. The van der Waals surface area contributed by atoms with Crippen LogP contribution in [0.1, 0.15) is 11.1 Å². The van der Waals surface area contributed by atoms with Gasteiger partial charge in [-0.05, 0) is 24.1 Å². The van der Waals surface area contributed by atoms with Gasteiger partial charge in [-0.15, -0.1) is 0 Å². The van der Waals surface area contributed by atoms with E-state index in [0.717, 1.165) is 5.56 Å². The minimum atomic E-state index is -0.141. The first-order chi connectivity index (χ1) is 6.09. The minimum absolute atomic E-state index is 0.141. The summed E-state index contributed by atoms with van der Waals surface area (Å²) < 4.78 is 13.1. The predicted molar refractivity (Wildman–Crippen MR) is 51.7 cm³/mol. The lowest BCUT2D eigenvalue weighted by atomic mass is 10.1. The molecule has 0 radical (unpaired) electrons. The first-order valence-corrected chi connectivity index (χ1v) is 4.25. The molecular weight excluding hydrogens is 167 g/mol. The summed E-state index contributed by atoms with van der Waals surface area (Å²) in [6.45, 7) is 2.42. The molecular formula is C10H15FN2. The highest BCUT2D eigenvalue weighted by Gasteiger charge is 1.98. The zero-order valence-corrected chi connectivity index (χ0v) is 8.26. The molecule has 0 amide bonds. The van der Waals surface area contributed by atoms with E-state index in [2.05, 4.69) is 5.43 Å². The first kappa shape index (κ1) is 10.2. The number of rotatable bonds is 3. The van der Waals surface area contributed by atoms with Crippen molar-refractivity contribution in [1.82, 2.24) is 10.4 Å². The molecule has 0 unspecified atom stereocenters. The second-order valence-corrected chi connectivity index (χ2v) is 3.31. The normalized spacial score (nSPS) is 10.8. The second kappa shape index (κ2) is 4.35. The molecule has 1 N–H and O–H groups in total. The maximum atomic E-state index is 13.1. The number of hydrogen-bond acceptors (Lipinski definition) is 2. The van der Waals surface area contributed by atoms with E-state index in [4.69, 9.17) is 0 Å².